The Morgan fingerprint density at radius 2 is 1.56 bits per heavy atom. The van der Waals surface area contributed by atoms with Crippen LogP contribution in [-0.2, 0) is 30.4 Å². The van der Waals surface area contributed by atoms with E-state index in [1.54, 1.807) is 44.2 Å². The van der Waals surface area contributed by atoms with E-state index >= 15 is 0 Å². The number of carbonyl (C=O) groups is 5. The number of amides is 3. The Labute approximate surface area is 185 Å². The molecule has 3 atom stereocenters. The van der Waals surface area contributed by atoms with E-state index in [2.05, 4.69) is 16.0 Å². The molecule has 0 bridgehead atoms. The summed E-state index contributed by atoms with van der Waals surface area (Å²) in [6.07, 6.45) is -0.537. The van der Waals surface area contributed by atoms with E-state index in [9.17, 15) is 29.1 Å². The third kappa shape index (κ3) is 9.56. The fourth-order valence-corrected chi connectivity index (χ4v) is 2.69. The van der Waals surface area contributed by atoms with Crippen LogP contribution in [0, 0.1) is 5.92 Å². The standard InChI is InChI=1S/C21H30N4O7/c1-12(2)18(22)20(30)25-14(8-9-17(27)28)19(29)23-11-16(26)24-15(21(31)32)10-13-6-4-3-5-7-13/h3-7,12,14-15,18H,8-11,22H2,1-2H3,(H,23,29)(H,24,26)(H,25,30)(H,27,28)(H,31,32). The number of nitrogens with two attached hydrogens (primary N) is 1. The third-order valence-corrected chi connectivity index (χ3v) is 4.64. The van der Waals surface area contributed by atoms with Gasteiger partial charge in [0.2, 0.25) is 17.7 Å². The van der Waals surface area contributed by atoms with Gasteiger partial charge < -0.3 is 31.9 Å². The van der Waals surface area contributed by atoms with Crippen molar-refractivity contribution in [1.82, 2.24) is 16.0 Å². The van der Waals surface area contributed by atoms with Crippen molar-refractivity contribution in [2.24, 2.45) is 11.7 Å². The number of carboxylic acid groups (broad SMARTS) is 2. The summed E-state index contributed by atoms with van der Waals surface area (Å²) in [7, 11) is 0. The Kier molecular flexibility index (Phi) is 10.8. The molecule has 11 nitrogen and oxygen atoms in total. The van der Waals surface area contributed by atoms with Crippen LogP contribution in [0.4, 0.5) is 0 Å². The van der Waals surface area contributed by atoms with Crippen LogP contribution in [-0.4, -0.2) is 64.5 Å². The van der Waals surface area contributed by atoms with Gasteiger partial charge in [-0.15, -0.1) is 0 Å². The molecule has 0 saturated heterocycles. The van der Waals surface area contributed by atoms with Gasteiger partial charge in [0.15, 0.2) is 0 Å². The average Bonchev–Trinajstić information content (AvgIpc) is 2.74. The van der Waals surface area contributed by atoms with Crippen LogP contribution in [0.25, 0.3) is 0 Å². The second-order valence-electron chi connectivity index (χ2n) is 7.63. The number of carboxylic acids is 2. The summed E-state index contributed by atoms with van der Waals surface area (Å²) < 4.78 is 0. The smallest absolute Gasteiger partial charge is 0.326 e. The van der Waals surface area contributed by atoms with Crippen LogP contribution in [0.2, 0.25) is 0 Å². The zero-order valence-corrected chi connectivity index (χ0v) is 18.0. The molecule has 3 amide bonds. The lowest BCUT2D eigenvalue weighted by Gasteiger charge is -2.22. The highest BCUT2D eigenvalue weighted by molar-refractivity contribution is 5.92. The topological polar surface area (TPSA) is 188 Å². The molecule has 0 aliphatic carbocycles. The van der Waals surface area contributed by atoms with Crippen molar-refractivity contribution in [3.63, 3.8) is 0 Å². The Morgan fingerprint density at radius 1 is 0.938 bits per heavy atom. The van der Waals surface area contributed by atoms with Crippen molar-refractivity contribution in [3.05, 3.63) is 35.9 Å². The first kappa shape index (κ1) is 26.6. The molecule has 0 heterocycles. The number of aliphatic carboxylic acids is 2. The number of hydrogen-bond donors (Lipinski definition) is 6. The van der Waals surface area contributed by atoms with Gasteiger partial charge in [-0.05, 0) is 17.9 Å². The fraction of sp³-hybridized carbons (Fsp3) is 0.476. The Hall–Kier alpha value is -3.47. The molecular weight excluding hydrogens is 420 g/mol. The summed E-state index contributed by atoms with van der Waals surface area (Å²) in [5.74, 6) is -4.74. The van der Waals surface area contributed by atoms with Gasteiger partial charge in [0.05, 0.1) is 12.6 Å². The minimum atomic E-state index is -1.23. The quantitative estimate of drug-likeness (QED) is 0.226. The van der Waals surface area contributed by atoms with Crippen LogP contribution in [0.1, 0.15) is 32.3 Å². The van der Waals surface area contributed by atoms with Gasteiger partial charge in [-0.3, -0.25) is 19.2 Å². The van der Waals surface area contributed by atoms with Gasteiger partial charge in [0.25, 0.3) is 0 Å². The van der Waals surface area contributed by atoms with E-state index in [1.807, 2.05) is 0 Å². The summed E-state index contributed by atoms with van der Waals surface area (Å²) in [6.45, 7) is 2.89. The van der Waals surface area contributed by atoms with Crippen molar-refractivity contribution in [3.8, 4) is 0 Å². The lowest BCUT2D eigenvalue weighted by Crippen LogP contribution is -2.54. The number of benzene rings is 1. The Bertz CT molecular complexity index is 814. The largest absolute Gasteiger partial charge is 0.481 e. The average molecular weight is 450 g/mol. The molecule has 176 valence electrons. The van der Waals surface area contributed by atoms with Crippen molar-refractivity contribution in [2.45, 2.75) is 51.2 Å². The van der Waals surface area contributed by atoms with Gasteiger partial charge in [-0.25, -0.2) is 4.79 Å². The molecule has 1 aromatic rings. The molecule has 0 aliphatic heterocycles. The van der Waals surface area contributed by atoms with Crippen molar-refractivity contribution in [2.75, 3.05) is 6.54 Å². The van der Waals surface area contributed by atoms with Crippen LogP contribution in [0.5, 0.6) is 0 Å². The molecule has 0 radical (unpaired) electrons. The van der Waals surface area contributed by atoms with E-state index in [4.69, 9.17) is 10.8 Å². The van der Waals surface area contributed by atoms with Crippen LogP contribution >= 0.6 is 0 Å². The van der Waals surface area contributed by atoms with Crippen LogP contribution in [0.15, 0.2) is 30.3 Å². The predicted molar refractivity (Wildman–Crippen MR) is 114 cm³/mol. The van der Waals surface area contributed by atoms with Crippen LogP contribution in [0.3, 0.4) is 0 Å². The van der Waals surface area contributed by atoms with Gasteiger partial charge in [-0.2, -0.15) is 0 Å². The lowest BCUT2D eigenvalue weighted by atomic mass is 10.0. The zero-order chi connectivity index (χ0) is 24.3. The van der Waals surface area contributed by atoms with Gasteiger partial charge >= 0.3 is 11.9 Å². The highest BCUT2D eigenvalue weighted by atomic mass is 16.4. The number of hydrogen-bond acceptors (Lipinski definition) is 6. The van der Waals surface area contributed by atoms with Crippen molar-refractivity contribution in [1.29, 1.82) is 0 Å². The highest BCUT2D eigenvalue weighted by Crippen LogP contribution is 2.04. The molecule has 0 fully saturated rings. The van der Waals surface area contributed by atoms with Crippen molar-refractivity contribution < 1.29 is 34.2 Å². The van der Waals surface area contributed by atoms with E-state index in [0.717, 1.165) is 0 Å². The molecule has 32 heavy (non-hydrogen) atoms. The molecule has 1 aromatic carbocycles. The van der Waals surface area contributed by atoms with E-state index in [0.29, 0.717) is 5.56 Å². The second kappa shape index (κ2) is 13.1. The summed E-state index contributed by atoms with van der Waals surface area (Å²) >= 11 is 0. The summed E-state index contributed by atoms with van der Waals surface area (Å²) in [4.78, 5) is 59.1. The maximum Gasteiger partial charge on any atom is 0.326 e. The lowest BCUT2D eigenvalue weighted by molar-refractivity contribution is -0.141. The van der Waals surface area contributed by atoms with E-state index in [1.165, 1.54) is 0 Å². The molecule has 7 N–H and O–H groups in total. The maximum absolute atomic E-state index is 12.4. The predicted octanol–water partition coefficient (Wildman–Crippen LogP) is -0.752. The van der Waals surface area contributed by atoms with Gasteiger partial charge in [-0.1, -0.05) is 44.2 Å². The number of nitrogens with one attached hydrogen (secondary N) is 3. The highest BCUT2D eigenvalue weighted by Gasteiger charge is 2.26. The SMILES string of the molecule is CC(C)C(N)C(=O)NC(CCC(=O)O)C(=O)NCC(=O)NC(Cc1ccccc1)C(=O)O. The summed E-state index contributed by atoms with van der Waals surface area (Å²) in [5.41, 5.74) is 6.46. The zero-order valence-electron chi connectivity index (χ0n) is 18.0. The normalized spacial score (nSPS) is 13.5. The molecular formula is C21H30N4O7. The molecule has 3 unspecified atom stereocenters. The Balaban J connectivity index is 2.69. The van der Waals surface area contributed by atoms with Crippen molar-refractivity contribution >= 4 is 29.7 Å². The fourth-order valence-electron chi connectivity index (χ4n) is 2.69. The molecule has 11 heteroatoms. The second-order valence-corrected chi connectivity index (χ2v) is 7.63. The van der Waals surface area contributed by atoms with E-state index in [-0.39, 0.29) is 25.2 Å². The molecule has 0 aliphatic rings. The summed E-state index contributed by atoms with van der Waals surface area (Å²) in [6, 6.07) is 5.40. The Morgan fingerprint density at radius 3 is 2.09 bits per heavy atom. The first-order valence-electron chi connectivity index (χ1n) is 10.1. The molecule has 0 saturated carbocycles. The number of rotatable bonds is 13. The number of carbonyl (C=O) groups excluding carboxylic acids is 3. The van der Waals surface area contributed by atoms with Gasteiger partial charge in [0, 0.05) is 12.8 Å². The minimum absolute atomic E-state index is 0.0558. The summed E-state index contributed by atoms with van der Waals surface area (Å²) in [5, 5.41) is 25.3. The van der Waals surface area contributed by atoms with E-state index < -0.39 is 54.3 Å². The van der Waals surface area contributed by atoms with Crippen LogP contribution < -0.4 is 21.7 Å². The molecule has 0 spiro atoms. The molecule has 0 aromatic heterocycles. The third-order valence-electron chi connectivity index (χ3n) is 4.64. The maximum atomic E-state index is 12.4. The van der Waals surface area contributed by atoms with Gasteiger partial charge in [0.1, 0.15) is 12.1 Å². The first-order valence-corrected chi connectivity index (χ1v) is 10.1. The monoisotopic (exact) mass is 450 g/mol. The first-order chi connectivity index (χ1) is 15.0. The molecule has 1 rings (SSSR count). The minimum Gasteiger partial charge on any atom is -0.481 e.